The Labute approximate surface area is 108 Å². The van der Waals surface area contributed by atoms with E-state index in [4.69, 9.17) is 9.84 Å². The van der Waals surface area contributed by atoms with E-state index in [1.165, 1.54) is 30.6 Å². The maximum absolute atomic E-state index is 13.8. The third-order valence-electron chi connectivity index (χ3n) is 2.48. The average Bonchev–Trinajstić information content (AvgIpc) is 2.42. The van der Waals surface area contributed by atoms with Gasteiger partial charge in [-0.15, -0.1) is 0 Å². The molecule has 6 heteroatoms. The van der Waals surface area contributed by atoms with Crippen LogP contribution in [0, 0.1) is 5.82 Å². The number of hydrogen-bond donors (Lipinski definition) is 1. The minimum Gasteiger partial charge on any atom is -0.478 e. The van der Waals surface area contributed by atoms with Crippen LogP contribution in [0.1, 0.15) is 23.0 Å². The van der Waals surface area contributed by atoms with Gasteiger partial charge in [0.2, 0.25) is 5.82 Å². The molecule has 0 saturated carbocycles. The molecule has 2 aromatic rings. The van der Waals surface area contributed by atoms with Crippen LogP contribution in [0.5, 0.6) is 11.6 Å². The number of carbonyl (C=O) groups is 1. The van der Waals surface area contributed by atoms with Crippen molar-refractivity contribution in [1.29, 1.82) is 0 Å². The first-order valence-electron chi connectivity index (χ1n) is 5.62. The number of benzene rings is 1. The van der Waals surface area contributed by atoms with Gasteiger partial charge in [0, 0.05) is 0 Å². The highest BCUT2D eigenvalue weighted by molar-refractivity contribution is 5.87. The second kappa shape index (κ2) is 5.43. The van der Waals surface area contributed by atoms with Gasteiger partial charge in [0.25, 0.3) is 5.88 Å². The summed E-state index contributed by atoms with van der Waals surface area (Å²) in [6, 6.07) is 5.63. The van der Waals surface area contributed by atoms with Gasteiger partial charge in [-0.2, -0.15) is 9.37 Å². The third-order valence-corrected chi connectivity index (χ3v) is 2.48. The molecular weight excluding hydrogens is 251 g/mol. The zero-order valence-electron chi connectivity index (χ0n) is 10.1. The molecule has 2 rings (SSSR count). The summed E-state index contributed by atoms with van der Waals surface area (Å²) < 4.78 is 19.1. The van der Waals surface area contributed by atoms with Gasteiger partial charge in [-0.05, 0) is 30.7 Å². The van der Waals surface area contributed by atoms with Crippen LogP contribution in [-0.4, -0.2) is 21.0 Å². The van der Waals surface area contributed by atoms with Crippen LogP contribution >= 0.6 is 0 Å². The molecule has 0 bridgehead atoms. The van der Waals surface area contributed by atoms with Crippen LogP contribution in [0.2, 0.25) is 0 Å². The largest absolute Gasteiger partial charge is 0.478 e. The van der Waals surface area contributed by atoms with Crippen LogP contribution in [0.4, 0.5) is 4.39 Å². The summed E-state index contributed by atoms with van der Waals surface area (Å²) in [4.78, 5) is 18.2. The maximum Gasteiger partial charge on any atom is 0.335 e. The highest BCUT2D eigenvalue weighted by Crippen LogP contribution is 2.23. The van der Waals surface area contributed by atoms with E-state index < -0.39 is 11.8 Å². The van der Waals surface area contributed by atoms with Crippen molar-refractivity contribution in [2.75, 3.05) is 0 Å². The van der Waals surface area contributed by atoms with E-state index >= 15 is 0 Å². The van der Waals surface area contributed by atoms with Gasteiger partial charge in [0.15, 0.2) is 0 Å². The van der Waals surface area contributed by atoms with Crippen LogP contribution in [0.3, 0.4) is 0 Å². The van der Waals surface area contributed by atoms with Gasteiger partial charge in [-0.3, -0.25) is 0 Å². The molecule has 0 saturated heterocycles. The second-order valence-corrected chi connectivity index (χ2v) is 3.72. The molecule has 0 atom stereocenters. The molecule has 0 aliphatic rings. The Kier molecular flexibility index (Phi) is 3.70. The normalized spacial score (nSPS) is 10.2. The van der Waals surface area contributed by atoms with Crippen molar-refractivity contribution in [3.8, 4) is 11.6 Å². The Morgan fingerprint density at radius 1 is 1.32 bits per heavy atom. The third kappa shape index (κ3) is 2.85. The van der Waals surface area contributed by atoms with Gasteiger partial charge in [-0.1, -0.05) is 6.92 Å². The van der Waals surface area contributed by atoms with Crippen molar-refractivity contribution in [2.24, 2.45) is 0 Å². The molecule has 98 valence electrons. The predicted octanol–water partition coefficient (Wildman–Crippen LogP) is 2.67. The Balaban J connectivity index is 2.24. The van der Waals surface area contributed by atoms with Crippen LogP contribution in [0.25, 0.3) is 0 Å². The zero-order valence-corrected chi connectivity index (χ0v) is 10.1. The van der Waals surface area contributed by atoms with Crippen LogP contribution in [-0.2, 0) is 6.42 Å². The van der Waals surface area contributed by atoms with Crippen LogP contribution in [0.15, 0.2) is 30.6 Å². The minimum absolute atomic E-state index is 0.129. The summed E-state index contributed by atoms with van der Waals surface area (Å²) in [6.07, 6.45) is 1.66. The lowest BCUT2D eigenvalue weighted by Gasteiger charge is -2.07. The molecule has 0 amide bonds. The SMILES string of the molecule is CCc1ncnc(Oc2ccc(C(=O)O)cc2)c1F. The van der Waals surface area contributed by atoms with Crippen molar-refractivity contribution in [3.63, 3.8) is 0 Å². The number of rotatable bonds is 4. The van der Waals surface area contributed by atoms with Gasteiger partial charge < -0.3 is 9.84 Å². The molecule has 0 radical (unpaired) electrons. The Morgan fingerprint density at radius 3 is 2.58 bits per heavy atom. The standard InChI is InChI=1S/C13H11FN2O3/c1-2-10-11(14)12(16-7-15-10)19-9-5-3-8(4-6-9)13(17)18/h3-7H,2H2,1H3,(H,17,18). The Bertz CT molecular complexity index is 599. The van der Waals surface area contributed by atoms with E-state index in [1.807, 2.05) is 0 Å². The number of hydrogen-bond acceptors (Lipinski definition) is 4. The quantitative estimate of drug-likeness (QED) is 0.917. The van der Waals surface area contributed by atoms with Crippen molar-refractivity contribution >= 4 is 5.97 Å². The molecule has 1 aromatic heterocycles. The number of carboxylic acid groups (broad SMARTS) is 1. The number of carboxylic acids is 1. The molecular formula is C13H11FN2O3. The number of aromatic nitrogens is 2. The fourth-order valence-electron chi connectivity index (χ4n) is 1.48. The first-order valence-corrected chi connectivity index (χ1v) is 5.62. The molecule has 0 unspecified atom stereocenters. The fraction of sp³-hybridized carbons (Fsp3) is 0.154. The summed E-state index contributed by atoms with van der Waals surface area (Å²) in [7, 11) is 0. The van der Waals surface area contributed by atoms with Crippen molar-refractivity contribution in [3.05, 3.63) is 47.7 Å². The van der Waals surface area contributed by atoms with Gasteiger partial charge >= 0.3 is 5.97 Å². The summed E-state index contributed by atoms with van der Waals surface area (Å²) in [5.74, 6) is -1.50. The highest BCUT2D eigenvalue weighted by atomic mass is 19.1. The molecule has 19 heavy (non-hydrogen) atoms. The average molecular weight is 262 g/mol. The van der Waals surface area contributed by atoms with Crippen molar-refractivity contribution in [2.45, 2.75) is 13.3 Å². The minimum atomic E-state index is -1.03. The first-order chi connectivity index (χ1) is 9.11. The van der Waals surface area contributed by atoms with E-state index in [-0.39, 0.29) is 17.1 Å². The topological polar surface area (TPSA) is 72.3 Å². The number of halogens is 1. The molecule has 5 nitrogen and oxygen atoms in total. The number of nitrogens with zero attached hydrogens (tertiary/aromatic N) is 2. The van der Waals surface area contributed by atoms with Crippen molar-refractivity contribution in [1.82, 2.24) is 9.97 Å². The molecule has 0 fully saturated rings. The van der Waals surface area contributed by atoms with Crippen molar-refractivity contribution < 1.29 is 19.0 Å². The maximum atomic E-state index is 13.8. The smallest absolute Gasteiger partial charge is 0.335 e. The van der Waals surface area contributed by atoms with E-state index in [1.54, 1.807) is 6.92 Å². The second-order valence-electron chi connectivity index (χ2n) is 3.72. The lowest BCUT2D eigenvalue weighted by molar-refractivity contribution is 0.0697. The monoisotopic (exact) mass is 262 g/mol. The Hall–Kier alpha value is -2.50. The molecule has 0 spiro atoms. The number of aryl methyl sites for hydroxylation is 1. The van der Waals surface area contributed by atoms with Gasteiger partial charge in [-0.25, -0.2) is 9.78 Å². The molecule has 0 aliphatic carbocycles. The molecule has 1 N–H and O–H groups in total. The molecule has 0 aliphatic heterocycles. The lowest BCUT2D eigenvalue weighted by atomic mass is 10.2. The van der Waals surface area contributed by atoms with Gasteiger partial charge in [0.1, 0.15) is 12.1 Å². The summed E-state index contributed by atoms with van der Waals surface area (Å²) >= 11 is 0. The number of ether oxygens (including phenoxy) is 1. The van der Waals surface area contributed by atoms with Gasteiger partial charge in [0.05, 0.1) is 11.3 Å². The number of aromatic carboxylic acids is 1. The lowest BCUT2D eigenvalue weighted by Crippen LogP contribution is -2.00. The zero-order chi connectivity index (χ0) is 13.8. The highest BCUT2D eigenvalue weighted by Gasteiger charge is 2.12. The van der Waals surface area contributed by atoms with E-state index in [2.05, 4.69) is 9.97 Å². The molecule has 1 heterocycles. The van der Waals surface area contributed by atoms with E-state index in [0.29, 0.717) is 12.2 Å². The van der Waals surface area contributed by atoms with Crippen LogP contribution < -0.4 is 4.74 Å². The first kappa shape index (κ1) is 12.9. The summed E-state index contributed by atoms with van der Waals surface area (Å²) in [5, 5.41) is 8.76. The summed E-state index contributed by atoms with van der Waals surface area (Å²) in [6.45, 7) is 1.77. The Morgan fingerprint density at radius 2 is 2.00 bits per heavy atom. The fourth-order valence-corrected chi connectivity index (χ4v) is 1.48. The molecule has 1 aromatic carbocycles. The van der Waals surface area contributed by atoms with E-state index in [0.717, 1.165) is 0 Å². The van der Waals surface area contributed by atoms with E-state index in [9.17, 15) is 9.18 Å². The predicted molar refractivity (Wildman–Crippen MR) is 64.8 cm³/mol. The summed E-state index contributed by atoms with van der Waals surface area (Å²) in [5.41, 5.74) is 0.400.